The average molecular weight is 396 g/mol. The number of hydrogen-bond acceptors (Lipinski definition) is 2. The number of alkyl halides is 3. The number of hydrogen-bond donors (Lipinski definition) is 2. The Morgan fingerprint density at radius 3 is 2.26 bits per heavy atom. The molecule has 10 heteroatoms. The molecule has 0 spiro atoms. The van der Waals surface area contributed by atoms with E-state index in [4.69, 9.17) is 0 Å². The number of carbonyl (C=O) groups excluding carboxylic acids is 1. The molecular formula is C13H7BrF5N3O. The number of nitrogens with zero attached hydrogens (tertiary/aromatic N) is 1. The minimum Gasteiger partial charge on any atom is -0.303 e. The summed E-state index contributed by atoms with van der Waals surface area (Å²) in [4.78, 5) is 15.2. The maximum Gasteiger partial charge on any atom is 0.416 e. The van der Waals surface area contributed by atoms with Crippen LogP contribution < -0.4 is 10.6 Å². The van der Waals surface area contributed by atoms with Gasteiger partial charge in [-0.1, -0.05) is 15.9 Å². The number of nitrogens with one attached hydrogen (secondary N) is 2. The molecule has 0 saturated carbocycles. The third-order valence-corrected chi connectivity index (χ3v) is 3.03. The molecule has 2 N–H and O–H groups in total. The summed E-state index contributed by atoms with van der Waals surface area (Å²) in [5.41, 5.74) is -1.76. The van der Waals surface area contributed by atoms with Crippen LogP contribution in [0.25, 0.3) is 0 Å². The highest BCUT2D eigenvalue weighted by molar-refractivity contribution is 9.10. The highest BCUT2D eigenvalue weighted by Gasteiger charge is 2.30. The molecule has 0 saturated heterocycles. The predicted molar refractivity (Wildman–Crippen MR) is 75.9 cm³/mol. The summed E-state index contributed by atoms with van der Waals surface area (Å²) in [6, 6.07) is 2.00. The van der Waals surface area contributed by atoms with Crippen molar-refractivity contribution >= 4 is 33.5 Å². The van der Waals surface area contributed by atoms with E-state index < -0.39 is 40.9 Å². The Bertz CT molecular complexity index is 728. The summed E-state index contributed by atoms with van der Waals surface area (Å²) in [5, 5.41) is 3.84. The fourth-order valence-corrected chi connectivity index (χ4v) is 2.00. The van der Waals surface area contributed by atoms with Crippen molar-refractivity contribution in [2.75, 3.05) is 10.6 Å². The third-order valence-electron chi connectivity index (χ3n) is 2.57. The van der Waals surface area contributed by atoms with Gasteiger partial charge in [-0.25, -0.2) is 18.6 Å². The van der Waals surface area contributed by atoms with Gasteiger partial charge in [0.05, 0.1) is 5.56 Å². The zero-order chi connectivity index (χ0) is 17.2. The highest BCUT2D eigenvalue weighted by Crippen LogP contribution is 2.30. The number of anilines is 2. The second-order valence-corrected chi connectivity index (χ2v) is 5.17. The van der Waals surface area contributed by atoms with Gasteiger partial charge in [0, 0.05) is 10.7 Å². The van der Waals surface area contributed by atoms with Crippen LogP contribution in [0.4, 0.5) is 38.3 Å². The number of rotatable bonds is 2. The van der Waals surface area contributed by atoms with Gasteiger partial charge >= 0.3 is 12.2 Å². The van der Waals surface area contributed by atoms with Gasteiger partial charge in [0.1, 0.15) is 11.5 Å². The predicted octanol–water partition coefficient (Wildman–Crippen LogP) is 4.79. The molecule has 0 bridgehead atoms. The molecule has 0 aliphatic heterocycles. The molecule has 0 radical (unpaired) electrons. The van der Waals surface area contributed by atoms with Crippen molar-refractivity contribution in [1.82, 2.24) is 4.98 Å². The normalized spacial score (nSPS) is 11.2. The number of benzene rings is 1. The standard InChI is InChI=1S/C13H7BrF5N3O/c14-7-4-8(15)11(9(16)5-7)22-12(23)21-10-3-6(1-2-20-10)13(17,18)19/h1-5H,(H2,20,21,22,23). The van der Waals surface area contributed by atoms with E-state index in [0.717, 1.165) is 24.4 Å². The summed E-state index contributed by atoms with van der Waals surface area (Å²) >= 11 is 2.87. The van der Waals surface area contributed by atoms with Crippen LogP contribution in [0.1, 0.15) is 5.56 Å². The van der Waals surface area contributed by atoms with Gasteiger partial charge in [0.15, 0.2) is 11.6 Å². The van der Waals surface area contributed by atoms with Gasteiger partial charge in [0.2, 0.25) is 0 Å². The Labute approximate surface area is 134 Å². The fraction of sp³-hybridized carbons (Fsp3) is 0.0769. The lowest BCUT2D eigenvalue weighted by Gasteiger charge is -2.11. The smallest absolute Gasteiger partial charge is 0.303 e. The van der Waals surface area contributed by atoms with Crippen molar-refractivity contribution in [2.45, 2.75) is 6.18 Å². The summed E-state index contributed by atoms with van der Waals surface area (Å²) < 4.78 is 64.8. The Morgan fingerprint density at radius 1 is 1.09 bits per heavy atom. The number of amides is 2. The van der Waals surface area contributed by atoms with Gasteiger partial charge in [-0.2, -0.15) is 13.2 Å². The maximum absolute atomic E-state index is 13.6. The molecule has 1 aromatic carbocycles. The SMILES string of the molecule is O=C(Nc1cc(C(F)(F)F)ccn1)Nc1c(F)cc(Br)cc1F. The first kappa shape index (κ1) is 17.1. The third kappa shape index (κ3) is 4.38. The van der Waals surface area contributed by atoms with Crippen LogP contribution in [-0.4, -0.2) is 11.0 Å². The Kier molecular flexibility index (Phi) is 4.83. The topological polar surface area (TPSA) is 54.0 Å². The molecule has 0 aliphatic carbocycles. The molecule has 23 heavy (non-hydrogen) atoms. The van der Waals surface area contributed by atoms with Crippen LogP contribution in [0.5, 0.6) is 0 Å². The lowest BCUT2D eigenvalue weighted by molar-refractivity contribution is -0.137. The second kappa shape index (κ2) is 6.49. The van der Waals surface area contributed by atoms with E-state index in [-0.39, 0.29) is 4.47 Å². The van der Waals surface area contributed by atoms with Crippen molar-refractivity contribution < 1.29 is 26.7 Å². The summed E-state index contributed by atoms with van der Waals surface area (Å²) in [7, 11) is 0. The molecule has 4 nitrogen and oxygen atoms in total. The molecule has 0 unspecified atom stereocenters. The summed E-state index contributed by atoms with van der Waals surface area (Å²) in [5.74, 6) is -2.52. The van der Waals surface area contributed by atoms with Crippen molar-refractivity contribution in [3.05, 3.63) is 52.1 Å². The number of pyridine rings is 1. The Balaban J connectivity index is 2.15. The van der Waals surface area contributed by atoms with E-state index in [9.17, 15) is 26.7 Å². The molecule has 0 fully saturated rings. The van der Waals surface area contributed by atoms with E-state index >= 15 is 0 Å². The fourth-order valence-electron chi connectivity index (χ4n) is 1.60. The van der Waals surface area contributed by atoms with Gasteiger partial charge < -0.3 is 5.32 Å². The highest BCUT2D eigenvalue weighted by atomic mass is 79.9. The summed E-state index contributed by atoms with van der Waals surface area (Å²) in [6.07, 6.45) is -3.76. The van der Waals surface area contributed by atoms with Crippen molar-refractivity contribution in [1.29, 1.82) is 0 Å². The average Bonchev–Trinajstić information content (AvgIpc) is 2.42. The Hall–Kier alpha value is -2.23. The Morgan fingerprint density at radius 2 is 1.70 bits per heavy atom. The van der Waals surface area contributed by atoms with Crippen LogP contribution in [0.15, 0.2) is 34.9 Å². The van der Waals surface area contributed by atoms with E-state index in [1.807, 2.05) is 10.6 Å². The minimum absolute atomic E-state index is 0.123. The quantitative estimate of drug-likeness (QED) is 0.718. The number of halogens is 6. The van der Waals surface area contributed by atoms with Crippen LogP contribution in [0.2, 0.25) is 0 Å². The van der Waals surface area contributed by atoms with Gasteiger partial charge in [0.25, 0.3) is 0 Å². The lowest BCUT2D eigenvalue weighted by Crippen LogP contribution is -2.22. The van der Waals surface area contributed by atoms with Crippen LogP contribution in [0.3, 0.4) is 0 Å². The van der Waals surface area contributed by atoms with E-state index in [0.29, 0.717) is 6.07 Å². The van der Waals surface area contributed by atoms with Crippen molar-refractivity contribution in [3.8, 4) is 0 Å². The number of aromatic nitrogens is 1. The van der Waals surface area contributed by atoms with E-state index in [1.165, 1.54) is 0 Å². The second-order valence-electron chi connectivity index (χ2n) is 4.25. The molecular weight excluding hydrogens is 389 g/mol. The zero-order valence-electron chi connectivity index (χ0n) is 11.0. The monoisotopic (exact) mass is 395 g/mol. The summed E-state index contributed by atoms with van der Waals surface area (Å²) in [6.45, 7) is 0. The largest absolute Gasteiger partial charge is 0.416 e. The van der Waals surface area contributed by atoms with Crippen LogP contribution >= 0.6 is 15.9 Å². The molecule has 1 aromatic heterocycles. The first-order valence-corrected chi connectivity index (χ1v) is 6.72. The molecule has 0 aliphatic rings. The molecule has 1 heterocycles. The van der Waals surface area contributed by atoms with E-state index in [1.54, 1.807) is 0 Å². The van der Waals surface area contributed by atoms with Gasteiger partial charge in [-0.15, -0.1) is 0 Å². The molecule has 2 rings (SSSR count). The molecule has 2 amide bonds. The van der Waals surface area contributed by atoms with Gasteiger partial charge in [-0.05, 0) is 24.3 Å². The van der Waals surface area contributed by atoms with E-state index in [2.05, 4.69) is 20.9 Å². The lowest BCUT2D eigenvalue weighted by atomic mass is 10.2. The zero-order valence-corrected chi connectivity index (χ0v) is 12.6. The molecule has 0 atom stereocenters. The molecule has 2 aromatic rings. The number of carbonyl (C=O) groups is 1. The van der Waals surface area contributed by atoms with Crippen LogP contribution in [0, 0.1) is 11.6 Å². The number of urea groups is 1. The van der Waals surface area contributed by atoms with Gasteiger partial charge in [-0.3, -0.25) is 5.32 Å². The van der Waals surface area contributed by atoms with Crippen molar-refractivity contribution in [3.63, 3.8) is 0 Å². The minimum atomic E-state index is -4.61. The maximum atomic E-state index is 13.6. The van der Waals surface area contributed by atoms with Crippen molar-refractivity contribution in [2.24, 2.45) is 0 Å². The first-order valence-electron chi connectivity index (χ1n) is 5.92. The molecule has 122 valence electrons. The van der Waals surface area contributed by atoms with Crippen LogP contribution in [-0.2, 0) is 6.18 Å². The first-order chi connectivity index (χ1) is 10.7.